The lowest BCUT2D eigenvalue weighted by Crippen LogP contribution is -2.47. The Labute approximate surface area is 204 Å². The number of thiophene rings is 1. The maximum atomic E-state index is 12.8. The summed E-state index contributed by atoms with van der Waals surface area (Å²) in [7, 11) is -3.15. The van der Waals surface area contributed by atoms with E-state index in [0.29, 0.717) is 61.3 Å². The minimum atomic E-state index is -3.15. The molecule has 0 saturated carbocycles. The van der Waals surface area contributed by atoms with Gasteiger partial charge in [-0.15, -0.1) is 11.3 Å². The number of Topliss-reactive ketones (excluding diaryl/α,β-unsaturated/α-hetero) is 1. The van der Waals surface area contributed by atoms with Gasteiger partial charge < -0.3 is 5.73 Å². The first-order valence-corrected chi connectivity index (χ1v) is 13.4. The first-order valence-electron chi connectivity index (χ1n) is 10.3. The summed E-state index contributed by atoms with van der Waals surface area (Å²) in [6.07, 6.45) is 3.95. The van der Waals surface area contributed by atoms with Gasteiger partial charge in [-0.3, -0.25) is 9.69 Å². The number of halogens is 1. The molecule has 1 aliphatic rings. The lowest BCUT2D eigenvalue weighted by Gasteiger charge is -2.32. The van der Waals surface area contributed by atoms with E-state index in [1.807, 2.05) is 24.3 Å². The van der Waals surface area contributed by atoms with Gasteiger partial charge in [0.05, 0.1) is 16.2 Å². The second kappa shape index (κ2) is 10.5. The minimum Gasteiger partial charge on any atom is -0.383 e. The number of carbonyl (C=O) groups excluding carboxylic acids is 1. The van der Waals surface area contributed by atoms with Crippen molar-refractivity contribution in [3.05, 3.63) is 56.9 Å². The van der Waals surface area contributed by atoms with E-state index < -0.39 is 10.0 Å². The maximum absolute atomic E-state index is 12.8. The maximum Gasteiger partial charge on any atom is 0.211 e. The average molecular weight is 509 g/mol. The van der Waals surface area contributed by atoms with Gasteiger partial charge in [0, 0.05) is 55.6 Å². The molecule has 3 aromatic rings. The summed E-state index contributed by atoms with van der Waals surface area (Å²) in [6.45, 7) is 2.86. The van der Waals surface area contributed by atoms with Crippen molar-refractivity contribution < 1.29 is 13.2 Å². The molecule has 10 heteroatoms. The Morgan fingerprint density at radius 3 is 2.61 bits per heavy atom. The topological polar surface area (TPSA) is 96.6 Å². The third-order valence-corrected chi connectivity index (χ3v) is 8.61. The average Bonchev–Trinajstić information content (AvgIpc) is 3.12. The van der Waals surface area contributed by atoms with Crippen LogP contribution in [0, 0.1) is 0 Å². The number of rotatable bonds is 7. The highest BCUT2D eigenvalue weighted by molar-refractivity contribution is 7.88. The number of nitrogen functional groups attached to an aromatic ring is 1. The predicted molar refractivity (Wildman–Crippen MR) is 137 cm³/mol. The fraction of sp³-hybridized carbons (Fsp3) is 0.391. The van der Waals surface area contributed by atoms with Gasteiger partial charge in [0.15, 0.2) is 5.78 Å². The molecule has 33 heavy (non-hydrogen) atoms. The summed E-state index contributed by atoms with van der Waals surface area (Å²) >= 11 is 7.84. The van der Waals surface area contributed by atoms with Gasteiger partial charge in [0.2, 0.25) is 10.0 Å². The molecular formula is C23H29ClN4O3S2. The van der Waals surface area contributed by atoms with Crippen LogP contribution in [0.4, 0.5) is 5.82 Å². The van der Waals surface area contributed by atoms with Crippen molar-refractivity contribution in [3.8, 4) is 0 Å². The van der Waals surface area contributed by atoms with Crippen molar-refractivity contribution in [2.24, 2.45) is 0 Å². The summed E-state index contributed by atoms with van der Waals surface area (Å²) in [5.41, 5.74) is 6.98. The van der Waals surface area contributed by atoms with E-state index in [1.165, 1.54) is 21.9 Å². The third-order valence-electron chi connectivity index (χ3n) is 5.70. The second-order valence-corrected chi connectivity index (χ2v) is 11.5. The molecule has 2 aromatic heterocycles. The van der Waals surface area contributed by atoms with E-state index >= 15 is 0 Å². The van der Waals surface area contributed by atoms with Crippen LogP contribution in [0.5, 0.6) is 0 Å². The summed E-state index contributed by atoms with van der Waals surface area (Å²) in [4.78, 5) is 20.7. The molecule has 0 amide bonds. The largest absolute Gasteiger partial charge is 0.383 e. The zero-order valence-electron chi connectivity index (χ0n) is 17.8. The van der Waals surface area contributed by atoms with Crippen molar-refractivity contribution in [3.63, 3.8) is 0 Å². The molecule has 1 saturated heterocycles. The molecule has 4 rings (SSSR count). The summed E-state index contributed by atoms with van der Waals surface area (Å²) in [6, 6.07) is 9.64. The van der Waals surface area contributed by atoms with Crippen LogP contribution < -0.4 is 5.73 Å². The third kappa shape index (κ3) is 6.10. The molecule has 0 atom stereocenters. The molecule has 0 spiro atoms. The van der Waals surface area contributed by atoms with Crippen LogP contribution in [-0.2, 0) is 23.0 Å². The van der Waals surface area contributed by atoms with Crippen LogP contribution in [0.15, 0.2) is 36.5 Å². The van der Waals surface area contributed by atoms with Crippen molar-refractivity contribution in [1.82, 2.24) is 14.2 Å². The molecule has 7 nitrogen and oxygen atoms in total. The Hall–Kier alpha value is -2.04. The van der Waals surface area contributed by atoms with Crippen molar-refractivity contribution >= 4 is 55.3 Å². The standard InChI is InChI=1S/C22H25ClN4O3S2.CH4/c1-32(29,30)27-10-8-26(9-11-27)14-21-18(23)13-20(31-21)19(28)5-3-15-2-4-17-16(12-15)6-7-25-22(17)24;/h2,4,6-7,12-13H,3,5,8-11,14H2,1H3,(H2,24,25);1H4. The van der Waals surface area contributed by atoms with Gasteiger partial charge in [-0.05, 0) is 29.5 Å². The first kappa shape index (κ1) is 25.6. The van der Waals surface area contributed by atoms with Gasteiger partial charge in [-0.2, -0.15) is 4.31 Å². The number of hydrogen-bond acceptors (Lipinski definition) is 7. The molecule has 2 N–H and O–H groups in total. The molecule has 0 unspecified atom stereocenters. The van der Waals surface area contributed by atoms with Crippen LogP contribution in [0.25, 0.3) is 10.8 Å². The van der Waals surface area contributed by atoms with Crippen molar-refractivity contribution in [2.75, 3.05) is 38.2 Å². The number of aryl methyl sites for hydroxylation is 1. The van der Waals surface area contributed by atoms with E-state index in [9.17, 15) is 13.2 Å². The molecule has 0 aliphatic carbocycles. The fourth-order valence-electron chi connectivity index (χ4n) is 3.86. The van der Waals surface area contributed by atoms with Gasteiger partial charge >= 0.3 is 0 Å². The Balaban J connectivity index is 0.00000306. The smallest absolute Gasteiger partial charge is 0.211 e. The van der Waals surface area contributed by atoms with Crippen LogP contribution >= 0.6 is 22.9 Å². The van der Waals surface area contributed by atoms with E-state index in [1.54, 1.807) is 12.3 Å². The number of carbonyl (C=O) groups is 1. The van der Waals surface area contributed by atoms with Crippen LogP contribution in [0.3, 0.4) is 0 Å². The van der Waals surface area contributed by atoms with E-state index in [0.717, 1.165) is 21.2 Å². The molecular weight excluding hydrogens is 480 g/mol. The predicted octanol–water partition coefficient (Wildman–Crippen LogP) is 4.06. The normalized spacial score (nSPS) is 15.5. The zero-order valence-corrected chi connectivity index (χ0v) is 20.1. The molecule has 178 valence electrons. The molecule has 0 bridgehead atoms. The lowest BCUT2D eigenvalue weighted by atomic mass is 10.0. The van der Waals surface area contributed by atoms with Crippen LogP contribution in [0.1, 0.15) is 34.0 Å². The van der Waals surface area contributed by atoms with E-state index in [2.05, 4.69) is 9.88 Å². The number of hydrogen-bond donors (Lipinski definition) is 1. The molecule has 1 aromatic carbocycles. The van der Waals surface area contributed by atoms with Crippen molar-refractivity contribution in [2.45, 2.75) is 26.8 Å². The highest BCUT2D eigenvalue weighted by Crippen LogP contribution is 2.30. The lowest BCUT2D eigenvalue weighted by molar-refractivity contribution is 0.0986. The number of piperazine rings is 1. The highest BCUT2D eigenvalue weighted by atomic mass is 35.5. The van der Waals surface area contributed by atoms with Crippen LogP contribution in [-0.4, -0.2) is 60.8 Å². The number of fused-ring (bicyclic) bond motifs is 1. The SMILES string of the molecule is C.CS(=O)(=O)N1CCN(Cc2sc(C(=O)CCc3ccc4c(N)nccc4c3)cc2Cl)CC1. The Morgan fingerprint density at radius 1 is 1.18 bits per heavy atom. The number of nitrogens with two attached hydrogens (primary N) is 1. The molecule has 0 radical (unpaired) electrons. The molecule has 1 fully saturated rings. The quantitative estimate of drug-likeness (QED) is 0.483. The van der Waals surface area contributed by atoms with Crippen LogP contribution in [0.2, 0.25) is 5.02 Å². The summed E-state index contributed by atoms with van der Waals surface area (Å²) < 4.78 is 24.8. The van der Waals surface area contributed by atoms with Gasteiger partial charge in [-0.25, -0.2) is 13.4 Å². The Kier molecular flexibility index (Phi) is 8.13. The number of ketones is 1. The Morgan fingerprint density at radius 2 is 1.91 bits per heavy atom. The van der Waals surface area contributed by atoms with Gasteiger partial charge in [-0.1, -0.05) is 37.2 Å². The Bertz CT molecular complexity index is 1250. The number of sulfonamides is 1. The summed E-state index contributed by atoms with van der Waals surface area (Å²) in [5.74, 6) is 0.572. The number of pyridine rings is 1. The van der Waals surface area contributed by atoms with E-state index in [-0.39, 0.29) is 13.2 Å². The zero-order chi connectivity index (χ0) is 22.9. The minimum absolute atomic E-state index is 0. The van der Waals surface area contributed by atoms with E-state index in [4.69, 9.17) is 17.3 Å². The number of nitrogens with zero attached hydrogens (tertiary/aromatic N) is 3. The second-order valence-electron chi connectivity index (χ2n) is 7.99. The summed E-state index contributed by atoms with van der Waals surface area (Å²) in [5, 5.41) is 2.52. The number of aromatic nitrogens is 1. The fourth-order valence-corrected chi connectivity index (χ4v) is 6.10. The van der Waals surface area contributed by atoms with Crippen molar-refractivity contribution in [1.29, 1.82) is 0 Å². The monoisotopic (exact) mass is 508 g/mol. The number of benzene rings is 1. The van der Waals surface area contributed by atoms with Gasteiger partial charge in [0.1, 0.15) is 5.82 Å². The first-order chi connectivity index (χ1) is 15.2. The number of anilines is 1. The molecule has 3 heterocycles. The molecule has 1 aliphatic heterocycles. The van der Waals surface area contributed by atoms with Gasteiger partial charge in [0.25, 0.3) is 0 Å². The highest BCUT2D eigenvalue weighted by Gasteiger charge is 2.24.